The van der Waals surface area contributed by atoms with Crippen LogP contribution >= 0.6 is 0 Å². The Morgan fingerprint density at radius 1 is 0.938 bits per heavy atom. The summed E-state index contributed by atoms with van der Waals surface area (Å²) in [5.41, 5.74) is -1.60. The van der Waals surface area contributed by atoms with Gasteiger partial charge in [0.1, 0.15) is 0 Å². The van der Waals surface area contributed by atoms with Crippen LogP contribution in [0, 0.1) is 22.7 Å². The van der Waals surface area contributed by atoms with Crippen LogP contribution < -0.4 is 0 Å². The maximum Gasteiger partial charge on any atom is 0.164 e. The van der Waals surface area contributed by atoms with E-state index in [1.165, 1.54) is 0 Å². The molecule has 0 fully saturated rings. The molecule has 0 aliphatic carbocycles. The van der Waals surface area contributed by atoms with E-state index in [1.807, 2.05) is 13.8 Å². The summed E-state index contributed by atoms with van der Waals surface area (Å²) in [7, 11) is 0. The molecule has 2 atom stereocenters. The maximum atomic E-state index is 8.84. The molecule has 0 bridgehead atoms. The Bertz CT molecular complexity index is 275. The first kappa shape index (κ1) is 16.9. The number of nitrogens with zero attached hydrogens (tertiary/aromatic N) is 4. The molecule has 0 spiro atoms. The monoisotopic (exact) mass is 226 g/mol. The van der Waals surface area contributed by atoms with Crippen molar-refractivity contribution in [3.8, 4) is 12.1 Å². The van der Waals surface area contributed by atoms with E-state index in [2.05, 4.69) is 22.4 Å². The molecule has 0 heterocycles. The van der Waals surface area contributed by atoms with E-state index in [0.29, 0.717) is 12.8 Å². The Morgan fingerprint density at radius 3 is 1.31 bits per heavy atom. The third-order valence-electron chi connectivity index (χ3n) is 2.35. The van der Waals surface area contributed by atoms with Gasteiger partial charge < -0.3 is 0 Å². The summed E-state index contributed by atoms with van der Waals surface area (Å²) in [5.74, 6) is 0. The van der Waals surface area contributed by atoms with Crippen molar-refractivity contribution >= 4 is 0 Å². The second kappa shape index (κ2) is 7.75. The molecule has 6 heteroatoms. The predicted molar refractivity (Wildman–Crippen MR) is 58.7 cm³/mol. The van der Waals surface area contributed by atoms with Crippen molar-refractivity contribution < 1.29 is 10.5 Å². The van der Waals surface area contributed by atoms with Crippen LogP contribution in [-0.4, -0.2) is 21.6 Å². The lowest BCUT2D eigenvalue weighted by molar-refractivity contribution is -0.176. The summed E-state index contributed by atoms with van der Waals surface area (Å²) in [6, 6.07) is 4.16. The lowest BCUT2D eigenvalue weighted by Crippen LogP contribution is -2.22. The van der Waals surface area contributed by atoms with E-state index in [9.17, 15) is 0 Å². The standard InChI is InChI=1S/C10H16N4.H2O2/c1-5-9(3,7-11)13-14-10(4,6-2)8-12;1-2/h5-6H2,1-4H3;1-2H/b14-13+;. The van der Waals surface area contributed by atoms with Gasteiger partial charge in [-0.15, -0.1) is 0 Å². The van der Waals surface area contributed by atoms with Crippen molar-refractivity contribution in [1.29, 1.82) is 10.5 Å². The molecule has 0 aromatic carbocycles. The van der Waals surface area contributed by atoms with Gasteiger partial charge in [-0.05, 0) is 26.7 Å². The van der Waals surface area contributed by atoms with Crippen LogP contribution in [0.2, 0.25) is 0 Å². The van der Waals surface area contributed by atoms with Gasteiger partial charge in [0, 0.05) is 0 Å². The molecule has 0 aliphatic heterocycles. The number of rotatable bonds is 4. The predicted octanol–water partition coefficient (Wildman–Crippen LogP) is 2.84. The summed E-state index contributed by atoms with van der Waals surface area (Å²) in [4.78, 5) is 0. The maximum absolute atomic E-state index is 8.84. The van der Waals surface area contributed by atoms with E-state index >= 15 is 0 Å². The van der Waals surface area contributed by atoms with Gasteiger partial charge in [0.25, 0.3) is 0 Å². The van der Waals surface area contributed by atoms with Crippen molar-refractivity contribution in [1.82, 2.24) is 0 Å². The molecule has 0 amide bonds. The molecule has 0 radical (unpaired) electrons. The van der Waals surface area contributed by atoms with Gasteiger partial charge in [0.15, 0.2) is 11.1 Å². The lowest BCUT2D eigenvalue weighted by Gasteiger charge is -2.16. The van der Waals surface area contributed by atoms with Crippen molar-refractivity contribution in [2.75, 3.05) is 0 Å². The minimum Gasteiger partial charge on any atom is -0.255 e. The van der Waals surface area contributed by atoms with Crippen LogP contribution in [0.15, 0.2) is 10.2 Å². The third kappa shape index (κ3) is 5.40. The fraction of sp³-hybridized carbons (Fsp3) is 0.800. The zero-order valence-corrected chi connectivity index (χ0v) is 10.1. The lowest BCUT2D eigenvalue weighted by atomic mass is 10.0. The minimum absolute atomic E-state index is 0.595. The molecule has 2 N–H and O–H groups in total. The second-order valence-electron chi connectivity index (χ2n) is 3.68. The van der Waals surface area contributed by atoms with E-state index in [4.69, 9.17) is 21.0 Å². The molecule has 0 aliphatic rings. The molecule has 0 rings (SSSR count). The zero-order chi connectivity index (χ0) is 13.2. The van der Waals surface area contributed by atoms with Gasteiger partial charge >= 0.3 is 0 Å². The summed E-state index contributed by atoms with van der Waals surface area (Å²) in [6.07, 6.45) is 1.19. The average Bonchev–Trinajstić information content (AvgIpc) is 2.38. The van der Waals surface area contributed by atoms with Gasteiger partial charge in [-0.25, -0.2) is 0 Å². The first-order valence-corrected chi connectivity index (χ1v) is 4.92. The quantitative estimate of drug-likeness (QED) is 0.436. The van der Waals surface area contributed by atoms with E-state index in [1.54, 1.807) is 13.8 Å². The van der Waals surface area contributed by atoms with Crippen molar-refractivity contribution in [2.24, 2.45) is 10.2 Å². The molecular formula is C10H18N4O2. The van der Waals surface area contributed by atoms with Crippen LogP contribution in [0.5, 0.6) is 0 Å². The first-order valence-electron chi connectivity index (χ1n) is 4.92. The molecular weight excluding hydrogens is 208 g/mol. The highest BCUT2D eigenvalue weighted by Crippen LogP contribution is 2.20. The second-order valence-corrected chi connectivity index (χ2v) is 3.68. The van der Waals surface area contributed by atoms with E-state index in [0.717, 1.165) is 0 Å². The van der Waals surface area contributed by atoms with Crippen molar-refractivity contribution in [3.63, 3.8) is 0 Å². The Morgan fingerprint density at radius 2 is 1.19 bits per heavy atom. The fourth-order valence-electron chi connectivity index (χ4n) is 0.565. The van der Waals surface area contributed by atoms with E-state index < -0.39 is 11.1 Å². The molecule has 16 heavy (non-hydrogen) atoms. The van der Waals surface area contributed by atoms with Gasteiger partial charge in [-0.2, -0.15) is 20.8 Å². The van der Waals surface area contributed by atoms with Crippen molar-refractivity contribution in [3.05, 3.63) is 0 Å². The largest absolute Gasteiger partial charge is 0.255 e. The number of azo groups is 1. The molecule has 0 saturated carbocycles. The van der Waals surface area contributed by atoms with Crippen LogP contribution in [-0.2, 0) is 0 Å². The van der Waals surface area contributed by atoms with Crippen LogP contribution in [0.1, 0.15) is 40.5 Å². The fourth-order valence-corrected chi connectivity index (χ4v) is 0.565. The van der Waals surface area contributed by atoms with Gasteiger partial charge in [-0.3, -0.25) is 10.5 Å². The van der Waals surface area contributed by atoms with Gasteiger partial charge in [0.05, 0.1) is 12.1 Å². The van der Waals surface area contributed by atoms with E-state index in [-0.39, 0.29) is 0 Å². The molecule has 0 aromatic rings. The van der Waals surface area contributed by atoms with Gasteiger partial charge in [-0.1, -0.05) is 13.8 Å². The molecule has 90 valence electrons. The smallest absolute Gasteiger partial charge is 0.164 e. The van der Waals surface area contributed by atoms with Crippen molar-refractivity contribution in [2.45, 2.75) is 51.6 Å². The minimum atomic E-state index is -0.798. The molecule has 0 aromatic heterocycles. The summed E-state index contributed by atoms with van der Waals surface area (Å²) < 4.78 is 0. The normalized spacial score (nSPS) is 17.2. The first-order chi connectivity index (χ1) is 7.45. The van der Waals surface area contributed by atoms with Crippen LogP contribution in [0.3, 0.4) is 0 Å². The third-order valence-corrected chi connectivity index (χ3v) is 2.35. The number of hydrogen-bond donors (Lipinski definition) is 2. The summed E-state index contributed by atoms with van der Waals surface area (Å²) in [5, 5.41) is 37.6. The highest BCUT2D eigenvalue weighted by molar-refractivity contribution is 5.06. The molecule has 6 nitrogen and oxygen atoms in total. The Hall–Kier alpha value is -1.50. The Balaban J connectivity index is 0. The summed E-state index contributed by atoms with van der Waals surface area (Å²) >= 11 is 0. The topological polar surface area (TPSA) is 113 Å². The average molecular weight is 226 g/mol. The highest BCUT2D eigenvalue weighted by atomic mass is 17.0. The zero-order valence-electron chi connectivity index (χ0n) is 10.1. The number of hydrogen-bond acceptors (Lipinski definition) is 6. The van der Waals surface area contributed by atoms with Gasteiger partial charge in [0.2, 0.25) is 0 Å². The Labute approximate surface area is 95.8 Å². The number of nitriles is 2. The SMILES string of the molecule is CCC(C)(C#N)/N=N/C(C)(C#N)CC.OO. The molecule has 2 unspecified atom stereocenters. The molecule has 0 saturated heterocycles. The highest BCUT2D eigenvalue weighted by Gasteiger charge is 2.25. The Kier molecular flexibility index (Phi) is 8.19. The summed E-state index contributed by atoms with van der Waals surface area (Å²) in [6.45, 7) is 7.17. The van der Waals surface area contributed by atoms with Crippen LogP contribution in [0.25, 0.3) is 0 Å². The van der Waals surface area contributed by atoms with Crippen LogP contribution in [0.4, 0.5) is 0 Å².